The molecule has 6 nitrogen and oxygen atoms in total. The first-order chi connectivity index (χ1) is 15.6. The Hall–Kier alpha value is -2.73. The molecule has 1 aromatic carbocycles. The SMILES string of the molecule is O=C(Nc1ccn(C23CC4CC(CC(C4)C2)C3)n1)c1ccc(COc2ccccc2Cl)o1. The van der Waals surface area contributed by atoms with E-state index in [0.717, 1.165) is 17.8 Å². The normalized spacial score (nSPS) is 28.1. The maximum Gasteiger partial charge on any atom is 0.292 e. The van der Waals surface area contributed by atoms with Crippen molar-refractivity contribution in [3.8, 4) is 5.75 Å². The number of furan rings is 1. The minimum atomic E-state index is -0.315. The van der Waals surface area contributed by atoms with Gasteiger partial charge in [0.25, 0.3) is 5.91 Å². The van der Waals surface area contributed by atoms with E-state index in [-0.39, 0.29) is 23.8 Å². The second-order valence-electron chi connectivity index (χ2n) is 9.73. The van der Waals surface area contributed by atoms with Crippen molar-refractivity contribution in [2.45, 2.75) is 50.7 Å². The predicted octanol–water partition coefficient (Wildman–Crippen LogP) is 5.89. The largest absolute Gasteiger partial charge is 0.484 e. The topological polar surface area (TPSA) is 69.3 Å². The van der Waals surface area contributed by atoms with Crippen LogP contribution in [0.1, 0.15) is 54.8 Å². The molecule has 1 amide bonds. The van der Waals surface area contributed by atoms with Crippen LogP contribution in [0.3, 0.4) is 0 Å². The summed E-state index contributed by atoms with van der Waals surface area (Å²) in [6.45, 7) is 0.192. The number of nitrogens with one attached hydrogen (secondary N) is 1. The fourth-order valence-electron chi connectivity index (χ4n) is 6.47. The number of carbonyl (C=O) groups excluding carboxylic acids is 1. The van der Waals surface area contributed by atoms with Gasteiger partial charge in [0.15, 0.2) is 11.6 Å². The lowest BCUT2D eigenvalue weighted by atomic mass is 9.53. The van der Waals surface area contributed by atoms with Gasteiger partial charge in [0.05, 0.1) is 10.6 Å². The van der Waals surface area contributed by atoms with Crippen molar-refractivity contribution < 1.29 is 13.9 Å². The lowest BCUT2D eigenvalue weighted by molar-refractivity contribution is -0.0492. The van der Waals surface area contributed by atoms with Crippen LogP contribution in [-0.4, -0.2) is 15.7 Å². The van der Waals surface area contributed by atoms with Crippen molar-refractivity contribution in [1.82, 2.24) is 9.78 Å². The molecular weight excluding hydrogens is 426 g/mol. The van der Waals surface area contributed by atoms with Gasteiger partial charge in [0.1, 0.15) is 18.1 Å². The van der Waals surface area contributed by atoms with Gasteiger partial charge in [-0.15, -0.1) is 0 Å². The summed E-state index contributed by atoms with van der Waals surface area (Å²) in [5, 5.41) is 8.18. The number of anilines is 1. The molecule has 4 aliphatic rings. The molecule has 7 rings (SSSR count). The molecule has 0 spiro atoms. The molecule has 3 aromatic rings. The van der Waals surface area contributed by atoms with Gasteiger partial charge in [0.2, 0.25) is 0 Å². The third-order valence-corrected chi connectivity index (χ3v) is 7.73. The summed E-state index contributed by atoms with van der Waals surface area (Å²) in [6, 6.07) is 12.5. The van der Waals surface area contributed by atoms with Gasteiger partial charge in [-0.3, -0.25) is 9.48 Å². The Kier molecular flexibility index (Phi) is 4.79. The number of hydrogen-bond acceptors (Lipinski definition) is 4. The monoisotopic (exact) mass is 451 g/mol. The minimum absolute atomic E-state index is 0.144. The van der Waals surface area contributed by atoms with Gasteiger partial charge in [-0.1, -0.05) is 23.7 Å². The van der Waals surface area contributed by atoms with Gasteiger partial charge in [0, 0.05) is 12.3 Å². The first-order valence-electron chi connectivity index (χ1n) is 11.4. The number of para-hydroxylation sites is 1. The smallest absolute Gasteiger partial charge is 0.292 e. The Morgan fingerprint density at radius 1 is 1.09 bits per heavy atom. The van der Waals surface area contributed by atoms with Crippen LogP contribution in [0.5, 0.6) is 5.75 Å². The molecule has 0 aliphatic heterocycles. The number of aromatic nitrogens is 2. The van der Waals surface area contributed by atoms with E-state index in [1.807, 2.05) is 24.4 Å². The summed E-state index contributed by atoms with van der Waals surface area (Å²) >= 11 is 6.11. The highest BCUT2D eigenvalue weighted by molar-refractivity contribution is 6.32. The molecular formula is C25H26ClN3O3. The fraction of sp³-hybridized carbons (Fsp3) is 0.440. The Morgan fingerprint density at radius 3 is 2.53 bits per heavy atom. The molecule has 1 N–H and O–H groups in total. The lowest BCUT2D eigenvalue weighted by Crippen LogP contribution is -2.52. The zero-order valence-corrected chi connectivity index (χ0v) is 18.6. The van der Waals surface area contributed by atoms with Crippen LogP contribution in [-0.2, 0) is 12.1 Å². The van der Waals surface area contributed by atoms with E-state index in [4.69, 9.17) is 25.9 Å². The number of nitrogens with zero attached hydrogens (tertiary/aromatic N) is 2. The molecule has 2 aromatic heterocycles. The summed E-state index contributed by atoms with van der Waals surface area (Å²) in [7, 11) is 0. The van der Waals surface area contributed by atoms with Crippen molar-refractivity contribution in [1.29, 1.82) is 0 Å². The molecule has 4 saturated carbocycles. The number of halogens is 1. The summed E-state index contributed by atoms with van der Waals surface area (Å²) < 4.78 is 13.5. The van der Waals surface area contributed by atoms with Crippen LogP contribution in [0.15, 0.2) is 53.1 Å². The number of ether oxygens (including phenoxy) is 1. The third-order valence-electron chi connectivity index (χ3n) is 7.41. The standard InChI is InChI=1S/C25H26ClN3O3/c26-20-3-1-2-4-21(20)31-15-19-5-6-22(32-19)24(30)27-23-7-8-29(28-23)25-12-16-9-17(13-25)11-18(10-16)14-25/h1-8,16-18H,9-15H2,(H,27,28,30). The summed E-state index contributed by atoms with van der Waals surface area (Å²) in [5.74, 6) is 4.14. The summed E-state index contributed by atoms with van der Waals surface area (Å²) in [5.41, 5.74) is 0.144. The van der Waals surface area contributed by atoms with Gasteiger partial charge < -0.3 is 14.5 Å². The van der Waals surface area contributed by atoms with Crippen LogP contribution < -0.4 is 10.1 Å². The highest BCUT2D eigenvalue weighted by atomic mass is 35.5. The van der Waals surface area contributed by atoms with E-state index in [1.165, 1.54) is 38.5 Å². The van der Waals surface area contributed by atoms with Gasteiger partial charge >= 0.3 is 0 Å². The zero-order valence-electron chi connectivity index (χ0n) is 17.8. The van der Waals surface area contributed by atoms with Crippen LogP contribution in [0.2, 0.25) is 5.02 Å². The van der Waals surface area contributed by atoms with Crippen molar-refractivity contribution in [2.75, 3.05) is 5.32 Å². The maximum atomic E-state index is 12.7. The number of amides is 1. The molecule has 7 heteroatoms. The van der Waals surface area contributed by atoms with Crippen molar-refractivity contribution in [3.05, 3.63) is 65.2 Å². The summed E-state index contributed by atoms with van der Waals surface area (Å²) in [6.07, 6.45) is 9.89. The van der Waals surface area contributed by atoms with Crippen LogP contribution >= 0.6 is 11.6 Å². The lowest BCUT2D eigenvalue weighted by Gasteiger charge is -2.56. The molecule has 0 radical (unpaired) electrons. The van der Waals surface area contributed by atoms with E-state index in [0.29, 0.717) is 22.4 Å². The van der Waals surface area contributed by atoms with Crippen LogP contribution in [0.25, 0.3) is 0 Å². The Labute approximate surface area is 191 Å². The Balaban J connectivity index is 1.11. The van der Waals surface area contributed by atoms with E-state index >= 15 is 0 Å². The molecule has 0 unspecified atom stereocenters. The minimum Gasteiger partial charge on any atom is -0.484 e. The second-order valence-corrected chi connectivity index (χ2v) is 10.1. The molecule has 4 fully saturated rings. The molecule has 32 heavy (non-hydrogen) atoms. The van der Waals surface area contributed by atoms with Crippen molar-refractivity contribution in [3.63, 3.8) is 0 Å². The number of carbonyl (C=O) groups is 1. The fourth-order valence-corrected chi connectivity index (χ4v) is 6.66. The molecule has 0 atom stereocenters. The highest BCUT2D eigenvalue weighted by Gasteiger charge is 2.52. The first-order valence-corrected chi connectivity index (χ1v) is 11.8. The van der Waals surface area contributed by atoms with Gasteiger partial charge in [-0.2, -0.15) is 5.10 Å². The van der Waals surface area contributed by atoms with Crippen molar-refractivity contribution >= 4 is 23.3 Å². The van der Waals surface area contributed by atoms with Crippen LogP contribution in [0.4, 0.5) is 5.82 Å². The van der Waals surface area contributed by atoms with Crippen molar-refractivity contribution in [2.24, 2.45) is 17.8 Å². The molecule has 0 saturated heterocycles. The van der Waals surface area contributed by atoms with E-state index < -0.39 is 0 Å². The predicted molar refractivity (Wildman–Crippen MR) is 121 cm³/mol. The molecule has 4 bridgehead atoms. The second kappa shape index (κ2) is 7.69. The van der Waals surface area contributed by atoms with E-state index in [9.17, 15) is 4.79 Å². The van der Waals surface area contributed by atoms with Gasteiger partial charge in [-0.05, 0) is 80.5 Å². The zero-order chi connectivity index (χ0) is 21.7. The van der Waals surface area contributed by atoms with E-state index in [1.54, 1.807) is 24.3 Å². The molecule has 166 valence electrons. The van der Waals surface area contributed by atoms with Gasteiger partial charge in [-0.25, -0.2) is 0 Å². The quantitative estimate of drug-likeness (QED) is 0.507. The Bertz CT molecular complexity index is 1120. The third kappa shape index (κ3) is 3.60. The first kappa shape index (κ1) is 19.9. The van der Waals surface area contributed by atoms with Crippen LogP contribution in [0, 0.1) is 17.8 Å². The van der Waals surface area contributed by atoms with E-state index in [2.05, 4.69) is 10.00 Å². The maximum absolute atomic E-state index is 12.7. The molecule has 4 aliphatic carbocycles. The highest BCUT2D eigenvalue weighted by Crippen LogP contribution is 2.58. The number of hydrogen-bond donors (Lipinski definition) is 1. The number of rotatable bonds is 6. The average Bonchev–Trinajstić information content (AvgIpc) is 3.42. The Morgan fingerprint density at radius 2 is 1.81 bits per heavy atom. The molecule has 2 heterocycles. The summed E-state index contributed by atoms with van der Waals surface area (Å²) in [4.78, 5) is 12.7. The average molecular weight is 452 g/mol. The number of benzene rings is 1.